The fraction of sp³-hybridized carbons (Fsp3) is 0.579. The Bertz CT molecular complexity index is 830. The minimum Gasteiger partial charge on any atom is -0.360 e. The normalized spacial score (nSPS) is 26.6. The van der Waals surface area contributed by atoms with Gasteiger partial charge in [-0.15, -0.1) is 0 Å². The first-order valence-corrected chi connectivity index (χ1v) is 9.50. The summed E-state index contributed by atoms with van der Waals surface area (Å²) in [5.41, 5.74) is 0.947. The molecule has 2 atom stereocenters. The van der Waals surface area contributed by atoms with Crippen LogP contribution in [0.2, 0.25) is 0 Å². The van der Waals surface area contributed by atoms with E-state index in [4.69, 9.17) is 4.74 Å². The Morgan fingerprint density at radius 1 is 1.17 bits per heavy atom. The second-order valence-corrected chi connectivity index (χ2v) is 7.97. The van der Waals surface area contributed by atoms with Crippen LogP contribution in [0.1, 0.15) is 18.5 Å². The maximum Gasteiger partial charge on any atom is 0.393 e. The number of likely N-dealkylation sites (tertiary alicyclic amines) is 2. The molecule has 0 saturated carbocycles. The number of piperidine rings is 1. The van der Waals surface area contributed by atoms with Crippen molar-refractivity contribution in [2.75, 3.05) is 32.8 Å². The topological polar surface area (TPSA) is 61.9 Å². The van der Waals surface area contributed by atoms with E-state index in [1.807, 2.05) is 0 Å². The van der Waals surface area contributed by atoms with E-state index >= 15 is 0 Å². The lowest BCUT2D eigenvalue weighted by Crippen LogP contribution is -2.70. The molecular formula is C19H22F5N3O3. The number of ether oxygens (including phenoxy) is 1. The summed E-state index contributed by atoms with van der Waals surface area (Å²) in [7, 11) is 0. The summed E-state index contributed by atoms with van der Waals surface area (Å²) in [5, 5.41) is 2.45. The zero-order valence-corrected chi connectivity index (χ0v) is 15.8. The van der Waals surface area contributed by atoms with E-state index in [-0.39, 0.29) is 32.5 Å². The van der Waals surface area contributed by atoms with Crippen LogP contribution in [0.15, 0.2) is 24.3 Å². The highest BCUT2D eigenvalue weighted by Crippen LogP contribution is 2.34. The summed E-state index contributed by atoms with van der Waals surface area (Å²) in [5.74, 6) is -3.85. The van der Waals surface area contributed by atoms with Crippen LogP contribution < -0.4 is 5.32 Å². The van der Waals surface area contributed by atoms with Crippen molar-refractivity contribution in [2.24, 2.45) is 0 Å². The number of benzene rings is 1. The molecule has 1 aromatic carbocycles. The number of hydrogen-bond acceptors (Lipinski definition) is 3. The summed E-state index contributed by atoms with van der Waals surface area (Å²) in [6.07, 6.45) is -6.74. The van der Waals surface area contributed by atoms with Crippen molar-refractivity contribution in [1.82, 2.24) is 15.1 Å². The third-order valence-electron chi connectivity index (χ3n) is 5.62. The van der Waals surface area contributed by atoms with Crippen molar-refractivity contribution < 1.29 is 37.7 Å². The van der Waals surface area contributed by atoms with E-state index < -0.39 is 55.8 Å². The highest BCUT2D eigenvalue weighted by molar-refractivity contribution is 5.79. The van der Waals surface area contributed by atoms with Crippen LogP contribution in [0.3, 0.4) is 0 Å². The van der Waals surface area contributed by atoms with E-state index in [9.17, 15) is 31.5 Å². The van der Waals surface area contributed by atoms with Crippen LogP contribution in [0.4, 0.5) is 26.7 Å². The summed E-state index contributed by atoms with van der Waals surface area (Å²) < 4.78 is 71.1. The van der Waals surface area contributed by atoms with Gasteiger partial charge < -0.3 is 19.9 Å². The van der Waals surface area contributed by atoms with Gasteiger partial charge in [-0.05, 0) is 11.1 Å². The average Bonchev–Trinajstić information content (AvgIpc) is 2.59. The lowest BCUT2D eigenvalue weighted by molar-refractivity contribution is -0.195. The van der Waals surface area contributed by atoms with E-state index in [2.05, 4.69) is 5.32 Å². The van der Waals surface area contributed by atoms with Gasteiger partial charge in [0.15, 0.2) is 0 Å². The Morgan fingerprint density at radius 3 is 2.47 bits per heavy atom. The molecule has 0 aromatic heterocycles. The van der Waals surface area contributed by atoms with Gasteiger partial charge in [-0.3, -0.25) is 4.79 Å². The molecule has 3 aliphatic rings. The number of amides is 3. The van der Waals surface area contributed by atoms with Crippen LogP contribution in [-0.4, -0.2) is 78.8 Å². The molecule has 4 rings (SSSR count). The number of carbonyl (C=O) groups excluding carboxylic acids is 2. The van der Waals surface area contributed by atoms with Gasteiger partial charge in [0, 0.05) is 27.0 Å². The summed E-state index contributed by atoms with van der Waals surface area (Å²) >= 11 is 0. The number of nitrogens with zero attached hydrogens (tertiary/aromatic N) is 2. The van der Waals surface area contributed by atoms with Crippen molar-refractivity contribution >= 4 is 11.9 Å². The van der Waals surface area contributed by atoms with Gasteiger partial charge in [0.05, 0.1) is 19.0 Å². The second kappa shape index (κ2) is 7.36. The van der Waals surface area contributed by atoms with E-state index in [0.717, 1.165) is 10.5 Å². The van der Waals surface area contributed by atoms with Gasteiger partial charge in [0.2, 0.25) is 5.91 Å². The zero-order valence-electron chi connectivity index (χ0n) is 15.8. The highest BCUT2D eigenvalue weighted by Gasteiger charge is 2.55. The van der Waals surface area contributed by atoms with Crippen molar-refractivity contribution in [3.8, 4) is 0 Å². The Hall–Kier alpha value is -2.43. The highest BCUT2D eigenvalue weighted by atomic mass is 19.4. The van der Waals surface area contributed by atoms with Gasteiger partial charge in [0.1, 0.15) is 12.7 Å². The average molecular weight is 435 g/mol. The molecule has 1 N–H and O–H groups in total. The molecule has 1 aromatic rings. The van der Waals surface area contributed by atoms with Crippen molar-refractivity contribution in [3.63, 3.8) is 0 Å². The molecule has 11 heteroatoms. The van der Waals surface area contributed by atoms with Crippen molar-refractivity contribution in [1.29, 1.82) is 0 Å². The van der Waals surface area contributed by atoms with Crippen LogP contribution in [0.5, 0.6) is 0 Å². The number of nitrogens with one attached hydrogen (secondary N) is 1. The molecule has 0 spiro atoms. The largest absolute Gasteiger partial charge is 0.393 e. The lowest BCUT2D eigenvalue weighted by atomic mass is 9.90. The maximum atomic E-state index is 14.4. The van der Waals surface area contributed by atoms with Crippen molar-refractivity contribution in [3.05, 3.63) is 35.4 Å². The quantitative estimate of drug-likeness (QED) is 0.726. The molecule has 0 radical (unpaired) electrons. The molecule has 3 heterocycles. The van der Waals surface area contributed by atoms with Crippen LogP contribution >= 0.6 is 0 Å². The number of rotatable bonds is 2. The Morgan fingerprint density at radius 2 is 1.83 bits per heavy atom. The lowest BCUT2D eigenvalue weighted by Gasteiger charge is -2.48. The summed E-state index contributed by atoms with van der Waals surface area (Å²) in [6, 6.07) is 4.48. The Labute approximate surface area is 170 Å². The number of halogens is 5. The standard InChI is InChI=1S/C19H20F5N3O3.H2/c20-18(21)10-27(8-14-16(18)30-9-15(28)25-14)17(29)26-6-13(7-26)12-3-1-11(2-4-12)5-19(22,23)24;/h1-4,13-14,16H,5-10H2,(H,25,28);1H/t14-,16-;/m1./s1. The van der Waals surface area contributed by atoms with Crippen LogP contribution in [-0.2, 0) is 16.0 Å². The SMILES string of the molecule is O=C1CO[C@@H]2[C@@H](CN(C(=O)N3CC(c4ccc(CC(F)(F)F)cc4)C3)CC2(F)F)N1.[HH]. The predicted octanol–water partition coefficient (Wildman–Crippen LogP) is 2.39. The van der Waals surface area contributed by atoms with Crippen LogP contribution in [0, 0.1) is 0 Å². The zero-order chi connectivity index (χ0) is 21.7. The number of fused-ring (bicyclic) bond motifs is 1. The minimum atomic E-state index is -4.28. The van der Waals surface area contributed by atoms with E-state index in [0.29, 0.717) is 0 Å². The number of urea groups is 1. The van der Waals surface area contributed by atoms with Crippen LogP contribution in [0.25, 0.3) is 0 Å². The molecule has 3 fully saturated rings. The van der Waals surface area contributed by atoms with E-state index in [1.165, 1.54) is 17.0 Å². The first-order chi connectivity index (χ1) is 14.0. The monoisotopic (exact) mass is 435 g/mol. The number of morpholine rings is 1. The molecule has 3 aliphatic heterocycles. The second-order valence-electron chi connectivity index (χ2n) is 7.97. The predicted molar refractivity (Wildman–Crippen MR) is 96.2 cm³/mol. The third kappa shape index (κ3) is 4.21. The minimum absolute atomic E-state index is 0. The molecule has 0 aliphatic carbocycles. The van der Waals surface area contributed by atoms with Gasteiger partial charge in [-0.25, -0.2) is 13.6 Å². The van der Waals surface area contributed by atoms with Gasteiger partial charge in [0.25, 0.3) is 5.92 Å². The Kier molecular flexibility index (Phi) is 5.11. The summed E-state index contributed by atoms with van der Waals surface area (Å²) in [6.45, 7) is -0.721. The first kappa shape index (κ1) is 20.8. The number of hydrogen-bond donors (Lipinski definition) is 1. The smallest absolute Gasteiger partial charge is 0.360 e. The third-order valence-corrected chi connectivity index (χ3v) is 5.62. The maximum absolute atomic E-state index is 14.4. The molecule has 3 saturated heterocycles. The number of carbonyl (C=O) groups is 2. The van der Waals surface area contributed by atoms with E-state index in [1.54, 1.807) is 12.1 Å². The molecule has 6 nitrogen and oxygen atoms in total. The molecule has 166 valence electrons. The van der Waals surface area contributed by atoms with Gasteiger partial charge in [-0.2, -0.15) is 13.2 Å². The van der Waals surface area contributed by atoms with Gasteiger partial charge >= 0.3 is 12.2 Å². The summed E-state index contributed by atoms with van der Waals surface area (Å²) in [4.78, 5) is 26.5. The molecule has 0 unspecified atom stereocenters. The molecule has 30 heavy (non-hydrogen) atoms. The van der Waals surface area contributed by atoms with Crippen molar-refractivity contribution in [2.45, 2.75) is 36.6 Å². The first-order valence-electron chi connectivity index (χ1n) is 9.50. The fourth-order valence-corrected chi connectivity index (χ4v) is 4.14. The fourth-order valence-electron chi connectivity index (χ4n) is 4.14. The number of alkyl halides is 5. The molecule has 0 bridgehead atoms. The Balaban J connectivity index is 0.00000272. The van der Waals surface area contributed by atoms with Gasteiger partial charge in [-0.1, -0.05) is 24.3 Å². The molecule has 3 amide bonds. The molecular weight excluding hydrogens is 413 g/mol.